The highest BCUT2D eigenvalue weighted by atomic mass is 16.3. The Morgan fingerprint density at radius 2 is 2.06 bits per heavy atom. The molecule has 0 fully saturated rings. The first kappa shape index (κ1) is 16.0. The maximum Gasteiger partial charge on any atom is 0.237 e. The van der Waals surface area contributed by atoms with E-state index in [1.807, 2.05) is 0 Å². The molecule has 2 unspecified atom stereocenters. The Morgan fingerprint density at radius 3 is 2.53 bits per heavy atom. The van der Waals surface area contributed by atoms with Crippen molar-refractivity contribution in [1.29, 1.82) is 0 Å². The Morgan fingerprint density at radius 1 is 1.47 bits per heavy atom. The number of carbonyl (C=O) groups is 1. The van der Waals surface area contributed by atoms with E-state index in [-0.39, 0.29) is 23.9 Å². The lowest BCUT2D eigenvalue weighted by molar-refractivity contribution is -0.122. The lowest BCUT2D eigenvalue weighted by Crippen LogP contribution is -2.45. The second kappa shape index (κ2) is 7.31. The molecule has 1 amide bonds. The molecule has 4 heteroatoms. The molecule has 0 aliphatic heterocycles. The Labute approximate surface area is 104 Å². The quantitative estimate of drug-likeness (QED) is 0.593. The number of nitrogens with one attached hydrogen (secondary N) is 2. The molecule has 17 heavy (non-hydrogen) atoms. The van der Waals surface area contributed by atoms with Gasteiger partial charge in [-0.1, -0.05) is 26.7 Å². The fourth-order valence-corrected chi connectivity index (χ4v) is 1.48. The maximum absolute atomic E-state index is 11.4. The molecule has 0 bridgehead atoms. The van der Waals surface area contributed by atoms with E-state index >= 15 is 0 Å². The van der Waals surface area contributed by atoms with Gasteiger partial charge in [0.2, 0.25) is 5.91 Å². The molecule has 0 saturated carbocycles. The Balaban J connectivity index is 3.87. The molecule has 0 aromatic heterocycles. The lowest BCUT2D eigenvalue weighted by atomic mass is 9.89. The second-order valence-corrected chi connectivity index (χ2v) is 5.47. The van der Waals surface area contributed by atoms with Gasteiger partial charge in [0.25, 0.3) is 0 Å². The molecule has 0 aliphatic carbocycles. The standard InChI is InChI=1S/C13H24N2O2/c1-6-7-14-12(17)10(2)15-9-11(16)8-13(3,4)5/h1,10-11,15-16H,7-9H2,2-5H3,(H,14,17). The first-order valence-electron chi connectivity index (χ1n) is 5.89. The van der Waals surface area contributed by atoms with Gasteiger partial charge in [-0.25, -0.2) is 0 Å². The molecule has 0 aromatic carbocycles. The molecular formula is C13H24N2O2. The van der Waals surface area contributed by atoms with Gasteiger partial charge in [-0.15, -0.1) is 6.42 Å². The average molecular weight is 240 g/mol. The third kappa shape index (κ3) is 8.73. The summed E-state index contributed by atoms with van der Waals surface area (Å²) >= 11 is 0. The summed E-state index contributed by atoms with van der Waals surface area (Å²) in [6, 6.07) is -0.349. The molecule has 0 spiro atoms. The lowest BCUT2D eigenvalue weighted by Gasteiger charge is -2.23. The van der Waals surface area contributed by atoms with E-state index < -0.39 is 6.10 Å². The van der Waals surface area contributed by atoms with Gasteiger partial charge >= 0.3 is 0 Å². The molecule has 4 nitrogen and oxygen atoms in total. The van der Waals surface area contributed by atoms with Gasteiger partial charge in [-0.05, 0) is 18.8 Å². The molecule has 3 N–H and O–H groups in total. The van der Waals surface area contributed by atoms with E-state index in [1.165, 1.54) is 0 Å². The Hall–Kier alpha value is -1.05. The fraction of sp³-hybridized carbons (Fsp3) is 0.769. The van der Waals surface area contributed by atoms with E-state index in [0.717, 1.165) is 0 Å². The number of rotatable bonds is 6. The monoisotopic (exact) mass is 240 g/mol. The van der Waals surface area contributed by atoms with Gasteiger partial charge in [0.1, 0.15) is 0 Å². The van der Waals surface area contributed by atoms with Crippen LogP contribution in [-0.2, 0) is 4.79 Å². The van der Waals surface area contributed by atoms with Crippen LogP contribution in [0, 0.1) is 17.8 Å². The third-order valence-electron chi connectivity index (χ3n) is 2.27. The Bertz CT molecular complexity index is 276. The molecule has 0 rings (SSSR count). The number of carbonyl (C=O) groups excluding carboxylic acids is 1. The zero-order valence-electron chi connectivity index (χ0n) is 11.2. The summed E-state index contributed by atoms with van der Waals surface area (Å²) in [7, 11) is 0. The number of hydrogen-bond donors (Lipinski definition) is 3. The summed E-state index contributed by atoms with van der Waals surface area (Å²) in [6.45, 7) is 8.59. The van der Waals surface area contributed by atoms with Crippen LogP contribution in [0.15, 0.2) is 0 Å². The van der Waals surface area contributed by atoms with Crippen molar-refractivity contribution < 1.29 is 9.90 Å². The van der Waals surface area contributed by atoms with Gasteiger partial charge in [-0.2, -0.15) is 0 Å². The average Bonchev–Trinajstić information content (AvgIpc) is 2.20. The van der Waals surface area contributed by atoms with Crippen LogP contribution in [0.1, 0.15) is 34.1 Å². The number of aliphatic hydroxyl groups excluding tert-OH is 1. The smallest absolute Gasteiger partial charge is 0.237 e. The number of terminal acetylenes is 1. The van der Waals surface area contributed by atoms with Crippen LogP contribution in [0.3, 0.4) is 0 Å². The first-order chi connectivity index (χ1) is 7.76. The van der Waals surface area contributed by atoms with Crippen molar-refractivity contribution in [3.63, 3.8) is 0 Å². The van der Waals surface area contributed by atoms with Crippen molar-refractivity contribution in [3.8, 4) is 12.3 Å². The van der Waals surface area contributed by atoms with Crippen molar-refractivity contribution in [2.45, 2.75) is 46.3 Å². The molecule has 0 aliphatic rings. The number of aliphatic hydroxyl groups is 1. The van der Waals surface area contributed by atoms with Crippen LogP contribution in [0.4, 0.5) is 0 Å². The first-order valence-corrected chi connectivity index (χ1v) is 5.89. The highest BCUT2D eigenvalue weighted by Gasteiger charge is 2.18. The van der Waals surface area contributed by atoms with Crippen molar-refractivity contribution in [1.82, 2.24) is 10.6 Å². The molecule has 0 heterocycles. The van der Waals surface area contributed by atoms with Crippen LogP contribution >= 0.6 is 0 Å². The summed E-state index contributed by atoms with van der Waals surface area (Å²) in [6.07, 6.45) is 5.29. The molecule has 2 atom stereocenters. The predicted octanol–water partition coefficient (Wildman–Crippen LogP) is 0.511. The van der Waals surface area contributed by atoms with Gasteiger partial charge in [-0.3, -0.25) is 4.79 Å². The minimum absolute atomic E-state index is 0.0794. The van der Waals surface area contributed by atoms with Crippen LogP contribution in [0.25, 0.3) is 0 Å². The Kier molecular flexibility index (Phi) is 6.86. The van der Waals surface area contributed by atoms with Gasteiger partial charge < -0.3 is 15.7 Å². The number of amides is 1. The minimum Gasteiger partial charge on any atom is -0.392 e. The summed E-state index contributed by atoms with van der Waals surface area (Å²) in [5, 5.41) is 15.3. The van der Waals surface area contributed by atoms with E-state index in [1.54, 1.807) is 6.92 Å². The van der Waals surface area contributed by atoms with E-state index in [2.05, 4.69) is 37.3 Å². The molecule has 98 valence electrons. The normalized spacial score (nSPS) is 14.8. The zero-order chi connectivity index (χ0) is 13.5. The van der Waals surface area contributed by atoms with Crippen LogP contribution in [0.2, 0.25) is 0 Å². The van der Waals surface area contributed by atoms with Crippen LogP contribution in [-0.4, -0.2) is 36.2 Å². The third-order valence-corrected chi connectivity index (χ3v) is 2.27. The minimum atomic E-state index is -0.446. The second-order valence-electron chi connectivity index (χ2n) is 5.47. The van der Waals surface area contributed by atoms with Gasteiger partial charge in [0, 0.05) is 6.54 Å². The SMILES string of the molecule is C#CCNC(=O)C(C)NCC(O)CC(C)(C)C. The van der Waals surface area contributed by atoms with Crippen LogP contribution in [0.5, 0.6) is 0 Å². The van der Waals surface area contributed by atoms with Gasteiger partial charge in [0.05, 0.1) is 18.7 Å². The van der Waals surface area contributed by atoms with E-state index in [9.17, 15) is 9.90 Å². The maximum atomic E-state index is 11.4. The summed E-state index contributed by atoms with van der Waals surface area (Å²) in [4.78, 5) is 11.4. The number of hydrogen-bond acceptors (Lipinski definition) is 3. The summed E-state index contributed by atoms with van der Waals surface area (Å²) < 4.78 is 0. The van der Waals surface area contributed by atoms with Crippen LogP contribution < -0.4 is 10.6 Å². The molecule has 0 aromatic rings. The highest BCUT2D eigenvalue weighted by Crippen LogP contribution is 2.20. The zero-order valence-corrected chi connectivity index (χ0v) is 11.2. The summed E-state index contributed by atoms with van der Waals surface area (Å²) in [5.41, 5.74) is 0.0794. The van der Waals surface area contributed by atoms with Crippen molar-refractivity contribution >= 4 is 5.91 Å². The largest absolute Gasteiger partial charge is 0.392 e. The van der Waals surface area contributed by atoms with E-state index in [4.69, 9.17) is 6.42 Å². The molecule has 0 saturated heterocycles. The highest BCUT2D eigenvalue weighted by molar-refractivity contribution is 5.81. The van der Waals surface area contributed by atoms with Crippen molar-refractivity contribution in [2.75, 3.05) is 13.1 Å². The van der Waals surface area contributed by atoms with E-state index in [0.29, 0.717) is 13.0 Å². The van der Waals surface area contributed by atoms with Crippen molar-refractivity contribution in [2.24, 2.45) is 5.41 Å². The molecular weight excluding hydrogens is 216 g/mol. The topological polar surface area (TPSA) is 61.4 Å². The summed E-state index contributed by atoms with van der Waals surface area (Å²) in [5.74, 6) is 2.19. The van der Waals surface area contributed by atoms with Crippen molar-refractivity contribution in [3.05, 3.63) is 0 Å². The molecule has 0 radical (unpaired) electrons. The predicted molar refractivity (Wildman–Crippen MR) is 69.4 cm³/mol. The fourth-order valence-electron chi connectivity index (χ4n) is 1.48. The van der Waals surface area contributed by atoms with Gasteiger partial charge in [0.15, 0.2) is 0 Å².